The van der Waals surface area contributed by atoms with Gasteiger partial charge in [-0.25, -0.2) is 19.2 Å². The summed E-state index contributed by atoms with van der Waals surface area (Å²) in [5.74, 6) is -2.26. The van der Waals surface area contributed by atoms with Gasteiger partial charge in [-0.2, -0.15) is 4.99 Å². The third kappa shape index (κ3) is 5.86. The van der Waals surface area contributed by atoms with Gasteiger partial charge < -0.3 is 10.1 Å². The summed E-state index contributed by atoms with van der Waals surface area (Å²) in [6.45, 7) is 5.24. The minimum atomic E-state index is -0.793. The molecule has 11 heteroatoms. The molecule has 1 atom stereocenters. The number of aryl methyl sites for hydroxylation is 1. The van der Waals surface area contributed by atoms with Crippen LogP contribution in [0, 0.1) is 18.7 Å². The van der Waals surface area contributed by atoms with Crippen molar-refractivity contribution in [2.45, 2.75) is 32.9 Å². The van der Waals surface area contributed by atoms with Gasteiger partial charge in [0.05, 0.1) is 18.2 Å². The Bertz CT molecular complexity index is 1110. The molecule has 1 aromatic heterocycles. The number of nitrogens with one attached hydrogen (secondary N) is 1. The van der Waals surface area contributed by atoms with E-state index >= 15 is 0 Å². The quantitative estimate of drug-likeness (QED) is 0.605. The predicted octanol–water partition coefficient (Wildman–Crippen LogP) is 4.00. The van der Waals surface area contributed by atoms with Gasteiger partial charge in [0.2, 0.25) is 5.91 Å². The average molecular weight is 477 g/mol. The van der Waals surface area contributed by atoms with Crippen LogP contribution in [0.5, 0.6) is 0 Å². The van der Waals surface area contributed by atoms with E-state index in [1.54, 1.807) is 39.0 Å². The molecular formula is C21H21FN4O4S2. The fourth-order valence-corrected chi connectivity index (χ4v) is 4.61. The lowest BCUT2D eigenvalue weighted by Crippen LogP contribution is -2.30. The van der Waals surface area contributed by atoms with Crippen LogP contribution < -0.4 is 5.32 Å². The Morgan fingerprint density at radius 3 is 2.69 bits per heavy atom. The molecule has 2 amide bonds. The lowest BCUT2D eigenvalue weighted by Gasteiger charge is -2.17. The number of amidine groups is 1. The molecule has 0 aliphatic carbocycles. The van der Waals surface area contributed by atoms with Crippen LogP contribution in [0.25, 0.3) is 0 Å². The number of thioether (sulfide) groups is 1. The Hall–Kier alpha value is -2.92. The minimum absolute atomic E-state index is 0.156. The fourth-order valence-electron chi connectivity index (χ4n) is 2.85. The van der Waals surface area contributed by atoms with E-state index in [-0.39, 0.29) is 34.9 Å². The highest BCUT2D eigenvalue weighted by Gasteiger charge is 2.29. The third-order valence-corrected chi connectivity index (χ3v) is 6.44. The number of hydrogen-bond acceptors (Lipinski definition) is 8. The number of rotatable bonds is 7. The first-order valence-corrected chi connectivity index (χ1v) is 11.6. The Morgan fingerprint density at radius 1 is 1.25 bits per heavy atom. The molecule has 0 radical (unpaired) electrons. The maximum absolute atomic E-state index is 13.8. The highest BCUT2D eigenvalue weighted by Crippen LogP contribution is 2.25. The van der Waals surface area contributed by atoms with Crippen LogP contribution in [-0.2, 0) is 20.1 Å². The van der Waals surface area contributed by atoms with Gasteiger partial charge in [0, 0.05) is 17.9 Å². The van der Waals surface area contributed by atoms with Crippen LogP contribution >= 0.6 is 23.1 Å². The zero-order valence-electron chi connectivity index (χ0n) is 17.7. The molecule has 1 aromatic carbocycles. The lowest BCUT2D eigenvalue weighted by atomic mass is 9.98. The van der Waals surface area contributed by atoms with E-state index in [2.05, 4.69) is 20.3 Å². The van der Waals surface area contributed by atoms with Crippen LogP contribution in [0.1, 0.15) is 41.2 Å². The van der Waals surface area contributed by atoms with Crippen molar-refractivity contribution in [2.24, 2.45) is 15.9 Å². The molecule has 8 nitrogen and oxygen atoms in total. The van der Waals surface area contributed by atoms with E-state index in [0.717, 1.165) is 23.1 Å². The lowest BCUT2D eigenvalue weighted by molar-refractivity contribution is -0.124. The van der Waals surface area contributed by atoms with E-state index in [0.29, 0.717) is 21.8 Å². The summed E-state index contributed by atoms with van der Waals surface area (Å²) in [7, 11) is 0. The molecule has 1 aliphatic heterocycles. The summed E-state index contributed by atoms with van der Waals surface area (Å²) in [5, 5.41) is 3.10. The van der Waals surface area contributed by atoms with Crippen molar-refractivity contribution < 1.29 is 23.5 Å². The highest BCUT2D eigenvalue weighted by atomic mass is 32.2. The average Bonchev–Trinajstić information content (AvgIpc) is 3.10. The molecule has 0 saturated carbocycles. The maximum atomic E-state index is 13.8. The molecule has 0 fully saturated rings. The topological polar surface area (TPSA) is 110 Å². The SMILES string of the molecule is CCOC(=O)c1sc(NC(=O)CC2C(=O)N=C(SCc3ccccc3F)N=C2C)nc1C. The highest BCUT2D eigenvalue weighted by molar-refractivity contribution is 8.13. The first-order chi connectivity index (χ1) is 15.3. The second-order valence-corrected chi connectivity index (χ2v) is 8.77. The number of ether oxygens (including phenoxy) is 1. The number of aliphatic imine (C=N–C) groups is 2. The molecule has 0 spiro atoms. The Morgan fingerprint density at radius 2 is 2.00 bits per heavy atom. The molecule has 2 heterocycles. The fraction of sp³-hybridized carbons (Fsp3) is 0.333. The molecule has 1 N–H and O–H groups in total. The smallest absolute Gasteiger partial charge is 0.350 e. The van der Waals surface area contributed by atoms with Crippen LogP contribution in [0.4, 0.5) is 9.52 Å². The predicted molar refractivity (Wildman–Crippen MR) is 123 cm³/mol. The van der Waals surface area contributed by atoms with Gasteiger partial charge >= 0.3 is 5.97 Å². The molecule has 0 bridgehead atoms. The summed E-state index contributed by atoms with van der Waals surface area (Å²) >= 11 is 2.17. The van der Waals surface area contributed by atoms with Crippen molar-refractivity contribution in [2.75, 3.05) is 11.9 Å². The Kier molecular flexibility index (Phi) is 7.86. The van der Waals surface area contributed by atoms with Crippen LogP contribution in [0.15, 0.2) is 34.3 Å². The molecule has 1 aliphatic rings. The summed E-state index contributed by atoms with van der Waals surface area (Å²) in [5.41, 5.74) is 1.40. The molecular weight excluding hydrogens is 455 g/mol. The van der Waals surface area contributed by atoms with E-state index in [4.69, 9.17) is 4.74 Å². The number of hydrogen-bond donors (Lipinski definition) is 1. The molecule has 168 valence electrons. The maximum Gasteiger partial charge on any atom is 0.350 e. The van der Waals surface area contributed by atoms with Crippen LogP contribution in [0.3, 0.4) is 0 Å². The third-order valence-electron chi connectivity index (χ3n) is 4.49. The van der Waals surface area contributed by atoms with Gasteiger partial charge in [-0.3, -0.25) is 9.59 Å². The molecule has 0 saturated heterocycles. The van der Waals surface area contributed by atoms with E-state index < -0.39 is 23.7 Å². The number of carbonyl (C=O) groups excluding carboxylic acids is 3. The van der Waals surface area contributed by atoms with E-state index in [9.17, 15) is 18.8 Å². The molecule has 1 unspecified atom stereocenters. The number of carbonyl (C=O) groups is 3. The zero-order valence-corrected chi connectivity index (χ0v) is 19.3. The van der Waals surface area contributed by atoms with Gasteiger partial charge in [-0.05, 0) is 32.4 Å². The Balaban J connectivity index is 1.59. The van der Waals surface area contributed by atoms with Gasteiger partial charge in [-0.1, -0.05) is 41.3 Å². The Labute approximate surface area is 192 Å². The second kappa shape index (κ2) is 10.6. The standard InChI is InChI=1S/C21H21FN4O4S2/c1-4-30-19(29)17-12(3)24-21(32-17)25-16(27)9-14-11(2)23-20(26-18(14)28)31-10-13-7-5-6-8-15(13)22/h5-8,14H,4,9-10H2,1-3H3,(H,24,25,27). The van der Waals surface area contributed by atoms with Crippen LogP contribution in [-0.4, -0.2) is 40.3 Å². The van der Waals surface area contributed by atoms with Crippen molar-refractivity contribution in [3.8, 4) is 0 Å². The largest absolute Gasteiger partial charge is 0.462 e. The number of thiazole rings is 1. The molecule has 32 heavy (non-hydrogen) atoms. The first kappa shape index (κ1) is 23.7. The summed E-state index contributed by atoms with van der Waals surface area (Å²) < 4.78 is 18.7. The van der Waals surface area contributed by atoms with Gasteiger partial charge in [-0.15, -0.1) is 0 Å². The van der Waals surface area contributed by atoms with Crippen LogP contribution in [0.2, 0.25) is 0 Å². The monoisotopic (exact) mass is 476 g/mol. The zero-order chi connectivity index (χ0) is 23.3. The number of aromatic nitrogens is 1. The summed E-state index contributed by atoms with van der Waals surface area (Å²) in [6.07, 6.45) is -0.156. The summed E-state index contributed by atoms with van der Waals surface area (Å²) in [6, 6.07) is 6.36. The number of anilines is 1. The van der Waals surface area contributed by atoms with E-state index in [1.807, 2.05) is 0 Å². The summed E-state index contributed by atoms with van der Waals surface area (Å²) in [4.78, 5) is 49.6. The van der Waals surface area contributed by atoms with Crippen molar-refractivity contribution in [3.63, 3.8) is 0 Å². The normalized spacial score (nSPS) is 15.8. The van der Waals surface area contributed by atoms with Gasteiger partial charge in [0.15, 0.2) is 10.3 Å². The number of halogens is 1. The van der Waals surface area contributed by atoms with Crippen molar-refractivity contribution in [3.05, 3.63) is 46.2 Å². The number of nitrogens with zero attached hydrogens (tertiary/aromatic N) is 3. The number of amides is 2. The molecule has 2 aromatic rings. The van der Waals surface area contributed by atoms with Crippen molar-refractivity contribution in [1.29, 1.82) is 0 Å². The van der Waals surface area contributed by atoms with Gasteiger partial charge in [0.1, 0.15) is 10.7 Å². The minimum Gasteiger partial charge on any atom is -0.462 e. The van der Waals surface area contributed by atoms with Crippen molar-refractivity contribution >= 4 is 56.9 Å². The molecule has 3 rings (SSSR count). The van der Waals surface area contributed by atoms with Crippen molar-refractivity contribution in [1.82, 2.24) is 4.98 Å². The number of esters is 1. The van der Waals surface area contributed by atoms with E-state index in [1.165, 1.54) is 6.07 Å². The van der Waals surface area contributed by atoms with Gasteiger partial charge in [0.25, 0.3) is 5.91 Å². The first-order valence-electron chi connectivity index (χ1n) is 9.76. The second-order valence-electron chi connectivity index (χ2n) is 6.82. The number of benzene rings is 1.